The average Bonchev–Trinajstić information content (AvgIpc) is 3.30. The molecule has 5 atom stereocenters. The number of rotatable bonds is 29. The van der Waals surface area contributed by atoms with Crippen molar-refractivity contribution in [2.24, 2.45) is 17.3 Å². The van der Waals surface area contributed by atoms with Gasteiger partial charge in [0.15, 0.2) is 0 Å². The molecule has 0 bridgehead atoms. The predicted molar refractivity (Wildman–Crippen MR) is 201 cm³/mol. The van der Waals surface area contributed by atoms with Gasteiger partial charge in [0.05, 0.1) is 12.2 Å². The third-order valence-electron chi connectivity index (χ3n) is 11.2. The molecular weight excluding hydrogens is 604 g/mol. The number of halogens is 1. The summed E-state index contributed by atoms with van der Waals surface area (Å²) in [4.78, 5) is 12.1. The molecule has 2 N–H and O–H groups in total. The SMILES string of the molecule is CCCCCCCCCCCCCCCCC/C=C/COC(=O)CCC/C=C\C[C@@H]1[C@@H](/C=C/C[C@H](O)C2(CC)CCC2)[C@H](O)C[C@H]1Cl. The Hall–Kier alpha value is -1.10. The lowest BCUT2D eigenvalue weighted by Crippen LogP contribution is -2.40. The summed E-state index contributed by atoms with van der Waals surface area (Å²) in [5.41, 5.74) is 0.101. The van der Waals surface area contributed by atoms with Crippen LogP contribution in [0.15, 0.2) is 36.5 Å². The molecule has 2 saturated carbocycles. The van der Waals surface area contributed by atoms with Gasteiger partial charge >= 0.3 is 5.97 Å². The molecule has 47 heavy (non-hydrogen) atoms. The van der Waals surface area contributed by atoms with E-state index in [1.54, 1.807) is 0 Å². The molecule has 2 aliphatic carbocycles. The zero-order chi connectivity index (χ0) is 34.0. The van der Waals surface area contributed by atoms with Crippen LogP contribution in [0.3, 0.4) is 0 Å². The Morgan fingerprint density at radius 3 is 1.96 bits per heavy atom. The van der Waals surface area contributed by atoms with Crippen LogP contribution in [0.25, 0.3) is 0 Å². The molecule has 0 aromatic rings. The highest BCUT2D eigenvalue weighted by Crippen LogP contribution is 2.48. The lowest BCUT2D eigenvalue weighted by molar-refractivity contribution is -0.142. The van der Waals surface area contributed by atoms with Crippen molar-refractivity contribution in [1.82, 2.24) is 0 Å². The summed E-state index contributed by atoms with van der Waals surface area (Å²) < 4.78 is 5.37. The molecule has 0 aromatic carbocycles. The summed E-state index contributed by atoms with van der Waals surface area (Å²) in [7, 11) is 0. The van der Waals surface area contributed by atoms with Crippen LogP contribution >= 0.6 is 11.6 Å². The molecule has 5 heteroatoms. The van der Waals surface area contributed by atoms with E-state index in [0.717, 1.165) is 44.9 Å². The van der Waals surface area contributed by atoms with Gasteiger partial charge in [-0.1, -0.05) is 147 Å². The van der Waals surface area contributed by atoms with Crippen molar-refractivity contribution in [3.05, 3.63) is 36.5 Å². The van der Waals surface area contributed by atoms with Gasteiger partial charge in [0, 0.05) is 17.7 Å². The van der Waals surface area contributed by atoms with E-state index in [9.17, 15) is 15.0 Å². The molecule has 0 aromatic heterocycles. The van der Waals surface area contributed by atoms with E-state index in [1.165, 1.54) is 103 Å². The van der Waals surface area contributed by atoms with E-state index in [2.05, 4.69) is 44.2 Å². The Morgan fingerprint density at radius 2 is 1.38 bits per heavy atom. The van der Waals surface area contributed by atoms with E-state index in [-0.39, 0.29) is 34.7 Å². The maximum absolute atomic E-state index is 12.1. The summed E-state index contributed by atoms with van der Waals surface area (Å²) >= 11 is 6.62. The highest BCUT2D eigenvalue weighted by molar-refractivity contribution is 6.21. The summed E-state index contributed by atoms with van der Waals surface area (Å²) in [6.07, 6.45) is 42.3. The number of carbonyl (C=O) groups is 1. The summed E-state index contributed by atoms with van der Waals surface area (Å²) in [6, 6.07) is 0. The Balaban J connectivity index is 1.42. The second-order valence-corrected chi connectivity index (χ2v) is 15.4. The zero-order valence-electron chi connectivity index (χ0n) is 30.5. The van der Waals surface area contributed by atoms with Gasteiger partial charge in [-0.3, -0.25) is 4.79 Å². The van der Waals surface area contributed by atoms with Crippen molar-refractivity contribution in [3.63, 3.8) is 0 Å². The molecule has 2 aliphatic rings. The van der Waals surface area contributed by atoms with Crippen molar-refractivity contribution in [2.45, 2.75) is 198 Å². The van der Waals surface area contributed by atoms with Crippen LogP contribution in [-0.2, 0) is 9.53 Å². The summed E-state index contributed by atoms with van der Waals surface area (Å²) in [5, 5.41) is 21.3. The molecule has 0 amide bonds. The van der Waals surface area contributed by atoms with E-state index in [0.29, 0.717) is 25.9 Å². The van der Waals surface area contributed by atoms with Gasteiger partial charge in [-0.05, 0) is 75.5 Å². The van der Waals surface area contributed by atoms with Crippen LogP contribution in [0.5, 0.6) is 0 Å². The number of unbranched alkanes of at least 4 members (excludes halogenated alkanes) is 16. The molecule has 2 fully saturated rings. The lowest BCUT2D eigenvalue weighted by Gasteiger charge is -2.45. The van der Waals surface area contributed by atoms with E-state index in [1.807, 2.05) is 6.08 Å². The quantitative estimate of drug-likeness (QED) is 0.0358. The van der Waals surface area contributed by atoms with Gasteiger partial charge in [0.1, 0.15) is 6.61 Å². The number of aliphatic hydroxyl groups is 2. The van der Waals surface area contributed by atoms with Gasteiger partial charge in [-0.15, -0.1) is 11.6 Å². The second-order valence-electron chi connectivity index (χ2n) is 14.8. The second kappa shape index (κ2) is 26.7. The van der Waals surface area contributed by atoms with Crippen LogP contribution < -0.4 is 0 Å². The molecule has 0 saturated heterocycles. The Kier molecular flexibility index (Phi) is 23.9. The predicted octanol–water partition coefficient (Wildman–Crippen LogP) is 12.0. The smallest absolute Gasteiger partial charge is 0.306 e. The van der Waals surface area contributed by atoms with E-state index in [4.69, 9.17) is 16.3 Å². The average molecular weight is 677 g/mol. The first kappa shape index (κ1) is 42.1. The highest BCUT2D eigenvalue weighted by Gasteiger charge is 2.42. The number of hydrogen-bond donors (Lipinski definition) is 2. The number of alkyl halides is 1. The molecule has 0 radical (unpaired) electrons. The van der Waals surface area contributed by atoms with Crippen LogP contribution in [0.1, 0.15) is 181 Å². The van der Waals surface area contributed by atoms with Crippen molar-refractivity contribution in [1.29, 1.82) is 0 Å². The van der Waals surface area contributed by atoms with Crippen molar-refractivity contribution < 1.29 is 19.7 Å². The largest absolute Gasteiger partial charge is 0.461 e. The standard InChI is InChI=1S/C42H73ClO4/c1-3-5-6-7-8-9-10-11-12-13-14-15-16-17-18-19-22-25-34-47-41(46)31-24-21-20-23-28-36-37(39(44)35-38(36)43)29-26-30-40(45)42(4-2)32-27-33-42/h20,22-23,25-26,29,36-40,44-45H,3-19,21,24,27-28,30-35H2,1-2H3/b23-20-,25-22+,29-26+/t36-,37-,38-,39-,40+/m1/s1. The van der Waals surface area contributed by atoms with Gasteiger partial charge in [0.25, 0.3) is 0 Å². The molecule has 0 heterocycles. The minimum absolute atomic E-state index is 0.0237. The first-order chi connectivity index (χ1) is 22.9. The van der Waals surface area contributed by atoms with Crippen LogP contribution in [0.4, 0.5) is 0 Å². The van der Waals surface area contributed by atoms with Crippen LogP contribution in [-0.4, -0.2) is 40.4 Å². The third kappa shape index (κ3) is 17.9. The Morgan fingerprint density at radius 1 is 0.809 bits per heavy atom. The van der Waals surface area contributed by atoms with Crippen LogP contribution in [0.2, 0.25) is 0 Å². The minimum Gasteiger partial charge on any atom is -0.461 e. The van der Waals surface area contributed by atoms with Crippen LogP contribution in [0, 0.1) is 17.3 Å². The topological polar surface area (TPSA) is 66.8 Å². The number of hydrogen-bond acceptors (Lipinski definition) is 4. The molecule has 272 valence electrons. The summed E-state index contributed by atoms with van der Waals surface area (Å²) in [5.74, 6) is 0.0794. The number of aliphatic hydroxyl groups excluding tert-OH is 2. The molecule has 0 aliphatic heterocycles. The minimum atomic E-state index is -0.430. The summed E-state index contributed by atoms with van der Waals surface area (Å²) in [6.45, 7) is 4.84. The highest BCUT2D eigenvalue weighted by atomic mass is 35.5. The fourth-order valence-electron chi connectivity index (χ4n) is 7.60. The van der Waals surface area contributed by atoms with Gasteiger partial charge in [-0.25, -0.2) is 0 Å². The maximum Gasteiger partial charge on any atom is 0.306 e. The molecule has 4 nitrogen and oxygen atoms in total. The normalized spacial score (nSPS) is 23.3. The molecule has 0 spiro atoms. The van der Waals surface area contributed by atoms with E-state index < -0.39 is 6.10 Å². The molecule has 2 rings (SSSR count). The monoisotopic (exact) mass is 677 g/mol. The van der Waals surface area contributed by atoms with Gasteiger partial charge in [-0.2, -0.15) is 0 Å². The fraction of sp³-hybridized carbons (Fsp3) is 0.833. The number of carbonyl (C=O) groups excluding carboxylic acids is 1. The van der Waals surface area contributed by atoms with Crippen molar-refractivity contribution >= 4 is 17.6 Å². The number of esters is 1. The first-order valence-electron chi connectivity index (χ1n) is 20.1. The lowest BCUT2D eigenvalue weighted by atomic mass is 9.63. The Labute approximate surface area is 295 Å². The van der Waals surface area contributed by atoms with Crippen molar-refractivity contribution in [3.8, 4) is 0 Å². The zero-order valence-corrected chi connectivity index (χ0v) is 31.3. The third-order valence-corrected chi connectivity index (χ3v) is 11.7. The van der Waals surface area contributed by atoms with Crippen molar-refractivity contribution in [2.75, 3.05) is 6.61 Å². The Bertz CT molecular complexity index is 857. The van der Waals surface area contributed by atoms with Gasteiger partial charge in [0.2, 0.25) is 0 Å². The molecule has 0 unspecified atom stereocenters. The van der Waals surface area contributed by atoms with Gasteiger partial charge < -0.3 is 14.9 Å². The maximum atomic E-state index is 12.1. The first-order valence-corrected chi connectivity index (χ1v) is 20.5. The number of allylic oxidation sites excluding steroid dienone is 3. The molecular formula is C42H73ClO4. The fourth-order valence-corrected chi connectivity index (χ4v) is 8.05. The number of ether oxygens (including phenoxy) is 1. The van der Waals surface area contributed by atoms with E-state index >= 15 is 0 Å².